The molecule has 0 saturated heterocycles. The summed E-state index contributed by atoms with van der Waals surface area (Å²) in [6, 6.07) is 7.60. The second-order valence-corrected chi connectivity index (χ2v) is 6.39. The highest BCUT2D eigenvalue weighted by Gasteiger charge is 2.31. The lowest BCUT2D eigenvalue weighted by molar-refractivity contribution is 0.0102. The van der Waals surface area contributed by atoms with Crippen LogP contribution in [0, 0.1) is 0 Å². The first-order chi connectivity index (χ1) is 13.8. The van der Waals surface area contributed by atoms with Crippen LogP contribution in [0.5, 0.6) is 0 Å². The van der Waals surface area contributed by atoms with Crippen molar-refractivity contribution in [2.24, 2.45) is 0 Å². The maximum atomic E-state index is 14.1. The van der Waals surface area contributed by atoms with Gasteiger partial charge >= 0.3 is 0 Å². The van der Waals surface area contributed by atoms with Crippen molar-refractivity contribution in [1.82, 2.24) is 19.7 Å². The highest BCUT2D eigenvalue weighted by Crippen LogP contribution is 2.31. The number of aromatic nitrogens is 4. The first kappa shape index (κ1) is 20.1. The molecule has 8 heteroatoms. The van der Waals surface area contributed by atoms with E-state index in [1.165, 1.54) is 24.4 Å². The Labute approximate surface area is 166 Å². The number of nitrogens with one attached hydrogen (secondary N) is 1. The summed E-state index contributed by atoms with van der Waals surface area (Å²) >= 11 is 0. The topological polar surface area (TPSA) is 72.7 Å². The second-order valence-electron chi connectivity index (χ2n) is 6.39. The van der Waals surface area contributed by atoms with Crippen LogP contribution in [-0.2, 0) is 5.92 Å². The van der Waals surface area contributed by atoms with E-state index in [9.17, 15) is 13.6 Å². The van der Waals surface area contributed by atoms with Gasteiger partial charge in [0.15, 0.2) is 0 Å². The van der Waals surface area contributed by atoms with Crippen molar-refractivity contribution in [2.45, 2.75) is 19.8 Å². The molecule has 1 amide bonds. The van der Waals surface area contributed by atoms with E-state index < -0.39 is 11.8 Å². The van der Waals surface area contributed by atoms with Gasteiger partial charge in [-0.15, -0.1) is 0 Å². The van der Waals surface area contributed by atoms with Gasteiger partial charge in [-0.25, -0.2) is 9.67 Å². The van der Waals surface area contributed by atoms with Gasteiger partial charge in [0.25, 0.3) is 11.8 Å². The van der Waals surface area contributed by atoms with Gasteiger partial charge in [0.1, 0.15) is 11.4 Å². The number of carbonyl (C=O) groups excluding carboxylic acids is 1. The standard InChI is InChI=1S/C21H19F2N5O/c1-4-5-14(2)18-12-19(21(3,22)23)28(27-18)16-6-7-17(25-13-16)20(29)26-15-8-10-24-11-9-15/h4-13H,1H2,2-3H3,(H,24,26,29)/b14-5+. The zero-order chi connectivity index (χ0) is 21.0. The summed E-state index contributed by atoms with van der Waals surface area (Å²) in [5, 5.41) is 6.97. The van der Waals surface area contributed by atoms with E-state index in [-0.39, 0.29) is 11.4 Å². The van der Waals surface area contributed by atoms with Crippen molar-refractivity contribution in [2.75, 3.05) is 5.32 Å². The molecule has 6 nitrogen and oxygen atoms in total. The van der Waals surface area contributed by atoms with Crippen LogP contribution >= 0.6 is 0 Å². The zero-order valence-electron chi connectivity index (χ0n) is 15.9. The minimum Gasteiger partial charge on any atom is -0.321 e. The maximum Gasteiger partial charge on any atom is 0.287 e. The Hall–Kier alpha value is -3.68. The SMILES string of the molecule is C=C/C=C(\C)c1cc(C(C)(F)F)n(-c2ccc(C(=O)Nc3ccncc3)nc2)n1. The van der Waals surface area contributed by atoms with Crippen molar-refractivity contribution < 1.29 is 13.6 Å². The molecule has 0 bridgehead atoms. The zero-order valence-corrected chi connectivity index (χ0v) is 15.9. The first-order valence-electron chi connectivity index (χ1n) is 8.75. The van der Waals surface area contributed by atoms with Gasteiger partial charge in [-0.3, -0.25) is 9.78 Å². The Morgan fingerprint density at radius 3 is 2.52 bits per heavy atom. The van der Waals surface area contributed by atoms with Crippen molar-refractivity contribution in [3.8, 4) is 5.69 Å². The molecule has 0 spiro atoms. The molecule has 0 unspecified atom stereocenters. The summed E-state index contributed by atoms with van der Waals surface area (Å²) in [6.45, 7) is 6.17. The number of hydrogen-bond donors (Lipinski definition) is 1. The van der Waals surface area contributed by atoms with E-state index in [0.29, 0.717) is 22.6 Å². The van der Waals surface area contributed by atoms with E-state index in [4.69, 9.17) is 0 Å². The number of hydrogen-bond acceptors (Lipinski definition) is 4. The Bertz CT molecular complexity index is 1050. The summed E-state index contributed by atoms with van der Waals surface area (Å²) in [5.74, 6) is -3.54. The molecule has 3 aromatic rings. The van der Waals surface area contributed by atoms with Crippen molar-refractivity contribution in [1.29, 1.82) is 0 Å². The summed E-state index contributed by atoms with van der Waals surface area (Å²) in [4.78, 5) is 20.3. The summed E-state index contributed by atoms with van der Waals surface area (Å²) in [7, 11) is 0. The molecule has 0 aromatic carbocycles. The summed E-state index contributed by atoms with van der Waals surface area (Å²) in [6.07, 6.45) is 7.69. The smallest absolute Gasteiger partial charge is 0.287 e. The van der Waals surface area contributed by atoms with Crippen LogP contribution in [0.3, 0.4) is 0 Å². The number of nitrogens with zero attached hydrogens (tertiary/aromatic N) is 4. The molecule has 29 heavy (non-hydrogen) atoms. The Kier molecular flexibility index (Phi) is 5.63. The van der Waals surface area contributed by atoms with Crippen LogP contribution in [0.4, 0.5) is 14.5 Å². The monoisotopic (exact) mass is 395 g/mol. The number of halogens is 2. The number of carbonyl (C=O) groups is 1. The van der Waals surface area contributed by atoms with E-state index >= 15 is 0 Å². The van der Waals surface area contributed by atoms with Gasteiger partial charge in [-0.05, 0) is 42.8 Å². The second kappa shape index (κ2) is 8.14. The van der Waals surface area contributed by atoms with E-state index in [1.54, 1.807) is 43.6 Å². The number of pyridine rings is 2. The normalized spacial score (nSPS) is 11.9. The third kappa shape index (κ3) is 4.60. The van der Waals surface area contributed by atoms with Crippen LogP contribution in [0.15, 0.2) is 67.7 Å². The minimum atomic E-state index is -3.11. The average molecular weight is 395 g/mol. The fourth-order valence-corrected chi connectivity index (χ4v) is 2.62. The predicted octanol–water partition coefficient (Wildman–Crippen LogP) is 4.62. The average Bonchev–Trinajstić information content (AvgIpc) is 3.15. The van der Waals surface area contributed by atoms with Crippen LogP contribution < -0.4 is 5.32 Å². The van der Waals surface area contributed by atoms with Crippen molar-refractivity contribution in [3.63, 3.8) is 0 Å². The number of allylic oxidation sites excluding steroid dienone is 3. The molecule has 0 radical (unpaired) electrons. The number of amides is 1. The Morgan fingerprint density at radius 2 is 1.93 bits per heavy atom. The largest absolute Gasteiger partial charge is 0.321 e. The lowest BCUT2D eigenvalue weighted by atomic mass is 10.1. The molecule has 0 saturated carbocycles. The highest BCUT2D eigenvalue weighted by molar-refractivity contribution is 6.02. The maximum absolute atomic E-state index is 14.1. The van der Waals surface area contributed by atoms with Gasteiger partial charge in [0.2, 0.25) is 0 Å². The van der Waals surface area contributed by atoms with Gasteiger partial charge in [-0.1, -0.05) is 18.7 Å². The molecular weight excluding hydrogens is 376 g/mol. The Balaban J connectivity index is 1.92. The molecule has 3 heterocycles. The van der Waals surface area contributed by atoms with Gasteiger partial charge in [0.05, 0.1) is 17.6 Å². The minimum absolute atomic E-state index is 0.144. The lowest BCUT2D eigenvalue weighted by Crippen LogP contribution is -2.16. The van der Waals surface area contributed by atoms with E-state index in [1.807, 2.05) is 0 Å². The Morgan fingerprint density at radius 1 is 1.21 bits per heavy atom. The molecule has 0 aliphatic carbocycles. The van der Waals surface area contributed by atoms with Crippen LogP contribution in [0.2, 0.25) is 0 Å². The molecule has 0 atom stereocenters. The third-order valence-electron chi connectivity index (χ3n) is 4.09. The van der Waals surface area contributed by atoms with Gasteiger partial charge in [0, 0.05) is 25.0 Å². The van der Waals surface area contributed by atoms with Crippen LogP contribution in [-0.4, -0.2) is 25.7 Å². The van der Waals surface area contributed by atoms with Crippen LogP contribution in [0.25, 0.3) is 11.3 Å². The predicted molar refractivity (Wildman–Crippen MR) is 107 cm³/mol. The van der Waals surface area contributed by atoms with Crippen molar-refractivity contribution in [3.05, 3.63) is 84.7 Å². The molecule has 3 aromatic heterocycles. The number of rotatable bonds is 6. The third-order valence-corrected chi connectivity index (χ3v) is 4.09. The summed E-state index contributed by atoms with van der Waals surface area (Å²) < 4.78 is 29.4. The lowest BCUT2D eigenvalue weighted by Gasteiger charge is -2.13. The fourth-order valence-electron chi connectivity index (χ4n) is 2.62. The summed E-state index contributed by atoms with van der Waals surface area (Å²) in [5.41, 5.74) is 1.86. The quantitative estimate of drug-likeness (QED) is 0.619. The van der Waals surface area contributed by atoms with Gasteiger partial charge < -0.3 is 5.32 Å². The molecule has 3 rings (SSSR count). The van der Waals surface area contributed by atoms with E-state index in [2.05, 4.69) is 27.0 Å². The van der Waals surface area contributed by atoms with Crippen molar-refractivity contribution >= 4 is 17.2 Å². The van der Waals surface area contributed by atoms with Gasteiger partial charge in [-0.2, -0.15) is 13.9 Å². The molecular formula is C21H19F2N5O. The molecule has 0 aliphatic rings. The number of anilines is 1. The first-order valence-corrected chi connectivity index (χ1v) is 8.75. The molecule has 1 N–H and O–H groups in total. The molecule has 0 aliphatic heterocycles. The highest BCUT2D eigenvalue weighted by atomic mass is 19.3. The van der Waals surface area contributed by atoms with E-state index in [0.717, 1.165) is 11.6 Å². The number of alkyl halides is 2. The van der Waals surface area contributed by atoms with Crippen LogP contribution in [0.1, 0.15) is 35.7 Å². The fraction of sp³-hybridized carbons (Fsp3) is 0.143. The molecule has 0 fully saturated rings. The molecule has 148 valence electrons.